The first kappa shape index (κ1) is 15.9. The Bertz CT molecular complexity index is 556. The third kappa shape index (κ3) is 3.40. The first-order valence-corrected chi connectivity index (χ1v) is 6.93. The highest BCUT2D eigenvalue weighted by molar-refractivity contribution is 6.43. The zero-order chi connectivity index (χ0) is 15.6. The van der Waals surface area contributed by atoms with Crippen LogP contribution in [0.15, 0.2) is 12.1 Å². The largest absolute Gasteiger partial charge is 0.467 e. The number of nitrogen functional groups attached to an aromatic ring is 1. The number of ether oxygens (including phenoxy) is 2. The van der Waals surface area contributed by atoms with Crippen LogP contribution in [0.25, 0.3) is 0 Å². The normalized spacial score (nSPS) is 18.4. The van der Waals surface area contributed by atoms with Gasteiger partial charge >= 0.3 is 5.97 Å². The van der Waals surface area contributed by atoms with Gasteiger partial charge in [-0.2, -0.15) is 0 Å². The number of morpholine rings is 1. The van der Waals surface area contributed by atoms with E-state index in [4.69, 9.17) is 33.7 Å². The summed E-state index contributed by atoms with van der Waals surface area (Å²) in [5, 5.41) is 0.417. The van der Waals surface area contributed by atoms with E-state index >= 15 is 0 Å². The van der Waals surface area contributed by atoms with E-state index in [9.17, 15) is 9.59 Å². The number of methoxy groups -OCH3 is 1. The fourth-order valence-electron chi connectivity index (χ4n) is 2.02. The Hall–Kier alpha value is -1.50. The molecular formula is C13H14Cl2N2O4. The topological polar surface area (TPSA) is 81.9 Å². The quantitative estimate of drug-likeness (QED) is 0.657. The molecule has 21 heavy (non-hydrogen) atoms. The third-order valence-electron chi connectivity index (χ3n) is 3.12. The lowest BCUT2D eigenvalue weighted by atomic mass is 10.1. The van der Waals surface area contributed by atoms with Gasteiger partial charge in [-0.1, -0.05) is 23.2 Å². The van der Waals surface area contributed by atoms with E-state index in [-0.39, 0.29) is 34.8 Å². The number of amides is 1. The molecule has 0 bridgehead atoms. The molecule has 1 heterocycles. The Balaban J connectivity index is 2.18. The summed E-state index contributed by atoms with van der Waals surface area (Å²) in [6.45, 7) is 0.737. The predicted molar refractivity (Wildman–Crippen MR) is 78.5 cm³/mol. The lowest BCUT2D eigenvalue weighted by Crippen LogP contribution is -2.48. The number of benzene rings is 1. The monoisotopic (exact) mass is 332 g/mol. The van der Waals surface area contributed by atoms with Crippen LogP contribution in [-0.4, -0.2) is 49.7 Å². The second-order valence-corrected chi connectivity index (χ2v) is 5.28. The van der Waals surface area contributed by atoms with Gasteiger partial charge < -0.3 is 20.1 Å². The number of nitrogens with two attached hydrogens (primary N) is 1. The van der Waals surface area contributed by atoms with Crippen LogP contribution in [0.1, 0.15) is 10.4 Å². The van der Waals surface area contributed by atoms with Crippen molar-refractivity contribution < 1.29 is 19.1 Å². The number of carbonyl (C=O) groups excluding carboxylic acids is 2. The molecule has 8 heteroatoms. The van der Waals surface area contributed by atoms with E-state index in [1.165, 1.54) is 24.1 Å². The van der Waals surface area contributed by atoms with Gasteiger partial charge in [0, 0.05) is 12.1 Å². The molecule has 114 valence electrons. The van der Waals surface area contributed by atoms with Gasteiger partial charge in [-0.25, -0.2) is 4.79 Å². The first-order valence-electron chi connectivity index (χ1n) is 6.17. The lowest BCUT2D eigenvalue weighted by Gasteiger charge is -2.31. The van der Waals surface area contributed by atoms with E-state index < -0.39 is 12.1 Å². The van der Waals surface area contributed by atoms with Crippen molar-refractivity contribution in [2.24, 2.45) is 0 Å². The van der Waals surface area contributed by atoms with Gasteiger partial charge in [0.15, 0.2) is 6.10 Å². The second-order valence-electron chi connectivity index (χ2n) is 4.50. The van der Waals surface area contributed by atoms with Gasteiger partial charge in [-0.05, 0) is 12.1 Å². The molecule has 0 aliphatic carbocycles. The minimum atomic E-state index is -0.784. The molecule has 6 nitrogen and oxygen atoms in total. The number of rotatable bonds is 2. The maximum absolute atomic E-state index is 12.4. The molecular weight excluding hydrogens is 319 g/mol. The molecule has 1 aromatic rings. The molecule has 1 saturated heterocycles. The summed E-state index contributed by atoms with van der Waals surface area (Å²) < 4.78 is 9.89. The zero-order valence-electron chi connectivity index (χ0n) is 11.3. The minimum Gasteiger partial charge on any atom is -0.467 e. The van der Waals surface area contributed by atoms with Crippen molar-refractivity contribution in [1.82, 2.24) is 4.90 Å². The summed E-state index contributed by atoms with van der Waals surface area (Å²) in [5.74, 6) is -0.807. The minimum absolute atomic E-state index is 0.117. The summed E-state index contributed by atoms with van der Waals surface area (Å²) in [7, 11) is 1.27. The summed E-state index contributed by atoms with van der Waals surface area (Å²) in [4.78, 5) is 25.4. The lowest BCUT2D eigenvalue weighted by molar-refractivity contribution is -0.158. The average molecular weight is 333 g/mol. The van der Waals surface area contributed by atoms with Crippen molar-refractivity contribution in [2.75, 3.05) is 32.5 Å². The highest BCUT2D eigenvalue weighted by atomic mass is 35.5. The van der Waals surface area contributed by atoms with Crippen molar-refractivity contribution in [2.45, 2.75) is 6.10 Å². The van der Waals surface area contributed by atoms with Gasteiger partial charge in [0.25, 0.3) is 5.91 Å². The van der Waals surface area contributed by atoms with Crippen LogP contribution in [0.5, 0.6) is 0 Å². The molecule has 1 aliphatic rings. The fraction of sp³-hybridized carbons (Fsp3) is 0.385. The van der Waals surface area contributed by atoms with Gasteiger partial charge in [0.2, 0.25) is 0 Å². The van der Waals surface area contributed by atoms with Crippen LogP contribution in [0.3, 0.4) is 0 Å². The van der Waals surface area contributed by atoms with Gasteiger partial charge in [0.05, 0.1) is 36.0 Å². The fourth-order valence-corrected chi connectivity index (χ4v) is 2.36. The van der Waals surface area contributed by atoms with E-state index in [0.717, 1.165) is 0 Å². The van der Waals surface area contributed by atoms with Gasteiger partial charge in [-0.15, -0.1) is 0 Å². The Labute approximate surface area is 131 Å². The molecule has 0 saturated carbocycles. The Kier molecular flexibility index (Phi) is 4.92. The molecule has 0 spiro atoms. The molecule has 1 unspecified atom stereocenters. The van der Waals surface area contributed by atoms with Crippen LogP contribution in [0.4, 0.5) is 5.69 Å². The molecule has 1 amide bonds. The van der Waals surface area contributed by atoms with E-state index in [2.05, 4.69) is 4.74 Å². The maximum atomic E-state index is 12.4. The zero-order valence-corrected chi connectivity index (χ0v) is 12.8. The van der Waals surface area contributed by atoms with Crippen molar-refractivity contribution in [3.63, 3.8) is 0 Å². The average Bonchev–Trinajstić information content (AvgIpc) is 2.50. The maximum Gasteiger partial charge on any atom is 0.336 e. The van der Waals surface area contributed by atoms with Crippen LogP contribution in [0.2, 0.25) is 10.0 Å². The van der Waals surface area contributed by atoms with E-state index in [1.54, 1.807) is 0 Å². The molecule has 2 N–H and O–H groups in total. The number of hydrogen-bond acceptors (Lipinski definition) is 5. The standard InChI is InChI=1S/C13H14Cl2N2O4/c1-20-13(19)10-6-17(2-3-21-10)12(18)7-4-8(14)11(15)9(16)5-7/h4-5,10H,2-3,6,16H2,1H3. The summed E-state index contributed by atoms with van der Waals surface area (Å²) >= 11 is 11.8. The summed E-state index contributed by atoms with van der Waals surface area (Å²) in [6, 6.07) is 2.91. The predicted octanol–water partition coefficient (Wildman–Crippen LogP) is 1.59. The van der Waals surface area contributed by atoms with Crippen LogP contribution in [0, 0.1) is 0 Å². The van der Waals surface area contributed by atoms with Crippen molar-refractivity contribution in [3.8, 4) is 0 Å². The third-order valence-corrected chi connectivity index (χ3v) is 3.94. The summed E-state index contributed by atoms with van der Waals surface area (Å²) in [5.41, 5.74) is 6.24. The molecule has 0 aromatic heterocycles. The van der Waals surface area contributed by atoms with Crippen molar-refractivity contribution >= 4 is 40.8 Å². The van der Waals surface area contributed by atoms with Crippen molar-refractivity contribution in [1.29, 1.82) is 0 Å². The number of hydrogen-bond donors (Lipinski definition) is 1. The van der Waals surface area contributed by atoms with Crippen LogP contribution in [-0.2, 0) is 14.3 Å². The second kappa shape index (κ2) is 6.51. The number of esters is 1. The number of nitrogens with zero attached hydrogens (tertiary/aromatic N) is 1. The Morgan fingerprint density at radius 1 is 1.43 bits per heavy atom. The Morgan fingerprint density at radius 3 is 2.76 bits per heavy atom. The van der Waals surface area contributed by atoms with Crippen LogP contribution < -0.4 is 5.73 Å². The number of halogens is 2. The molecule has 1 atom stereocenters. The van der Waals surface area contributed by atoms with E-state index in [1.807, 2.05) is 0 Å². The smallest absolute Gasteiger partial charge is 0.336 e. The SMILES string of the molecule is COC(=O)C1CN(C(=O)c2cc(N)c(Cl)c(Cl)c2)CCO1. The Morgan fingerprint density at radius 2 is 2.14 bits per heavy atom. The molecule has 1 aromatic carbocycles. The highest BCUT2D eigenvalue weighted by Crippen LogP contribution is 2.30. The van der Waals surface area contributed by atoms with Gasteiger partial charge in [0.1, 0.15) is 0 Å². The molecule has 2 rings (SSSR count). The molecule has 0 radical (unpaired) electrons. The number of anilines is 1. The van der Waals surface area contributed by atoms with Crippen molar-refractivity contribution in [3.05, 3.63) is 27.7 Å². The van der Waals surface area contributed by atoms with Gasteiger partial charge in [-0.3, -0.25) is 4.79 Å². The number of carbonyl (C=O) groups is 2. The van der Waals surface area contributed by atoms with E-state index in [0.29, 0.717) is 12.1 Å². The summed E-state index contributed by atoms with van der Waals surface area (Å²) in [6.07, 6.45) is -0.784. The van der Waals surface area contributed by atoms with Crippen LogP contribution >= 0.6 is 23.2 Å². The molecule has 1 fully saturated rings. The highest BCUT2D eigenvalue weighted by Gasteiger charge is 2.30. The molecule has 1 aliphatic heterocycles. The first-order chi connectivity index (χ1) is 9.93.